The first-order valence-electron chi connectivity index (χ1n) is 9.21. The van der Waals surface area contributed by atoms with Crippen LogP contribution in [-0.2, 0) is 24.2 Å². The SMILES string of the molecule is COC(=O)c1ccc(CCc2ccccc2OCc2ccccc2)c(OC)c1. The number of aryl methyl sites for hydroxylation is 2. The lowest BCUT2D eigenvalue weighted by Gasteiger charge is -2.13. The summed E-state index contributed by atoms with van der Waals surface area (Å²) in [7, 11) is 2.98. The Morgan fingerprint density at radius 1 is 0.786 bits per heavy atom. The highest BCUT2D eigenvalue weighted by atomic mass is 16.5. The lowest BCUT2D eigenvalue weighted by molar-refractivity contribution is 0.0600. The van der Waals surface area contributed by atoms with Crippen molar-refractivity contribution in [2.45, 2.75) is 19.4 Å². The Morgan fingerprint density at radius 3 is 2.18 bits per heavy atom. The van der Waals surface area contributed by atoms with E-state index in [9.17, 15) is 4.79 Å². The smallest absolute Gasteiger partial charge is 0.337 e. The Bertz CT molecular complexity index is 919. The highest BCUT2D eigenvalue weighted by molar-refractivity contribution is 5.89. The molecule has 0 radical (unpaired) electrons. The summed E-state index contributed by atoms with van der Waals surface area (Å²) in [5.74, 6) is 1.20. The minimum Gasteiger partial charge on any atom is -0.496 e. The van der Waals surface area contributed by atoms with Gasteiger partial charge in [0.05, 0.1) is 19.8 Å². The Kier molecular flexibility index (Phi) is 6.68. The summed E-state index contributed by atoms with van der Waals surface area (Å²) in [5, 5.41) is 0. The molecule has 0 atom stereocenters. The molecule has 0 saturated heterocycles. The van der Waals surface area contributed by atoms with Crippen LogP contribution in [0.2, 0.25) is 0 Å². The van der Waals surface area contributed by atoms with Gasteiger partial charge in [0.1, 0.15) is 18.1 Å². The second-order valence-corrected chi connectivity index (χ2v) is 6.40. The van der Waals surface area contributed by atoms with Crippen LogP contribution < -0.4 is 9.47 Å². The van der Waals surface area contributed by atoms with Gasteiger partial charge in [0.2, 0.25) is 0 Å². The molecule has 0 bridgehead atoms. The minimum absolute atomic E-state index is 0.371. The van der Waals surface area contributed by atoms with Crippen molar-refractivity contribution in [2.75, 3.05) is 14.2 Å². The van der Waals surface area contributed by atoms with Crippen LogP contribution in [0, 0.1) is 0 Å². The van der Waals surface area contributed by atoms with E-state index in [-0.39, 0.29) is 5.97 Å². The lowest BCUT2D eigenvalue weighted by atomic mass is 10.0. The van der Waals surface area contributed by atoms with Crippen molar-refractivity contribution in [1.29, 1.82) is 0 Å². The number of hydrogen-bond acceptors (Lipinski definition) is 4. The third-order valence-corrected chi connectivity index (χ3v) is 4.58. The van der Waals surface area contributed by atoms with E-state index in [1.165, 1.54) is 7.11 Å². The highest BCUT2D eigenvalue weighted by Gasteiger charge is 2.11. The summed E-state index contributed by atoms with van der Waals surface area (Å²) in [6.45, 7) is 0.537. The molecule has 0 N–H and O–H groups in total. The van der Waals surface area contributed by atoms with Gasteiger partial charge in [0.15, 0.2) is 0 Å². The number of methoxy groups -OCH3 is 2. The van der Waals surface area contributed by atoms with Crippen LogP contribution in [0.3, 0.4) is 0 Å². The molecular formula is C24H24O4. The monoisotopic (exact) mass is 376 g/mol. The molecule has 144 valence electrons. The van der Waals surface area contributed by atoms with Crippen LogP contribution in [0.15, 0.2) is 72.8 Å². The van der Waals surface area contributed by atoms with Gasteiger partial charge in [-0.05, 0) is 47.7 Å². The fraction of sp³-hybridized carbons (Fsp3) is 0.208. The Balaban J connectivity index is 1.70. The molecule has 0 aliphatic heterocycles. The molecule has 0 aliphatic carbocycles. The zero-order valence-corrected chi connectivity index (χ0v) is 16.2. The summed E-state index contributed by atoms with van der Waals surface area (Å²) in [6.07, 6.45) is 1.58. The van der Waals surface area contributed by atoms with E-state index in [2.05, 4.69) is 18.2 Å². The molecule has 0 heterocycles. The van der Waals surface area contributed by atoms with Crippen molar-refractivity contribution in [3.63, 3.8) is 0 Å². The number of para-hydroxylation sites is 1. The zero-order valence-electron chi connectivity index (χ0n) is 16.2. The molecule has 0 aliphatic rings. The van der Waals surface area contributed by atoms with Crippen LogP contribution in [-0.4, -0.2) is 20.2 Å². The highest BCUT2D eigenvalue weighted by Crippen LogP contribution is 2.25. The van der Waals surface area contributed by atoms with Crippen molar-refractivity contribution < 1.29 is 19.0 Å². The largest absolute Gasteiger partial charge is 0.496 e. The molecule has 0 fully saturated rings. The zero-order chi connectivity index (χ0) is 19.8. The maximum absolute atomic E-state index is 11.7. The number of carbonyl (C=O) groups is 1. The van der Waals surface area contributed by atoms with Gasteiger partial charge >= 0.3 is 5.97 Å². The number of hydrogen-bond donors (Lipinski definition) is 0. The molecule has 4 nitrogen and oxygen atoms in total. The number of carbonyl (C=O) groups excluding carboxylic acids is 1. The average molecular weight is 376 g/mol. The molecule has 4 heteroatoms. The first-order valence-corrected chi connectivity index (χ1v) is 9.21. The van der Waals surface area contributed by atoms with Crippen molar-refractivity contribution in [1.82, 2.24) is 0 Å². The van der Waals surface area contributed by atoms with E-state index in [1.807, 2.05) is 42.5 Å². The number of esters is 1. The first kappa shape index (κ1) is 19.5. The number of benzene rings is 3. The normalized spacial score (nSPS) is 10.4. The van der Waals surface area contributed by atoms with Gasteiger partial charge in [-0.15, -0.1) is 0 Å². The molecule has 0 unspecified atom stereocenters. The quantitative estimate of drug-likeness (QED) is 0.528. The van der Waals surface area contributed by atoms with Gasteiger partial charge in [0, 0.05) is 0 Å². The molecule has 0 saturated carbocycles. The maximum atomic E-state index is 11.7. The third kappa shape index (κ3) is 4.92. The average Bonchev–Trinajstić information content (AvgIpc) is 2.76. The van der Waals surface area contributed by atoms with Gasteiger partial charge in [0.25, 0.3) is 0 Å². The third-order valence-electron chi connectivity index (χ3n) is 4.58. The molecular weight excluding hydrogens is 352 g/mol. The first-order chi connectivity index (χ1) is 13.7. The Labute approximate surface area is 165 Å². The molecule has 0 aromatic heterocycles. The van der Waals surface area contributed by atoms with E-state index in [4.69, 9.17) is 14.2 Å². The molecule has 3 rings (SSSR count). The van der Waals surface area contributed by atoms with Gasteiger partial charge in [-0.3, -0.25) is 0 Å². The van der Waals surface area contributed by atoms with Crippen molar-refractivity contribution in [3.05, 3.63) is 95.1 Å². The fourth-order valence-electron chi connectivity index (χ4n) is 3.05. The van der Waals surface area contributed by atoms with E-state index in [0.717, 1.165) is 35.3 Å². The summed E-state index contributed by atoms with van der Waals surface area (Å²) < 4.78 is 16.3. The fourth-order valence-corrected chi connectivity index (χ4v) is 3.05. The molecule has 28 heavy (non-hydrogen) atoms. The van der Waals surface area contributed by atoms with Crippen LogP contribution in [0.5, 0.6) is 11.5 Å². The summed E-state index contributed by atoms with van der Waals surface area (Å²) in [5.41, 5.74) is 3.79. The predicted octanol–water partition coefficient (Wildman–Crippen LogP) is 4.85. The maximum Gasteiger partial charge on any atom is 0.337 e. The van der Waals surface area contributed by atoms with Crippen molar-refractivity contribution in [3.8, 4) is 11.5 Å². The molecule has 3 aromatic rings. The minimum atomic E-state index is -0.371. The van der Waals surface area contributed by atoms with Crippen LogP contribution >= 0.6 is 0 Å². The van der Waals surface area contributed by atoms with E-state index in [0.29, 0.717) is 17.9 Å². The summed E-state index contributed by atoms with van der Waals surface area (Å²) >= 11 is 0. The van der Waals surface area contributed by atoms with Crippen LogP contribution in [0.4, 0.5) is 0 Å². The second-order valence-electron chi connectivity index (χ2n) is 6.40. The summed E-state index contributed by atoms with van der Waals surface area (Å²) in [6, 6.07) is 23.6. The van der Waals surface area contributed by atoms with Gasteiger partial charge in [-0.25, -0.2) is 4.79 Å². The molecule has 0 amide bonds. The lowest BCUT2D eigenvalue weighted by Crippen LogP contribution is -2.04. The number of ether oxygens (including phenoxy) is 3. The van der Waals surface area contributed by atoms with Gasteiger partial charge in [-0.2, -0.15) is 0 Å². The molecule has 0 spiro atoms. The summed E-state index contributed by atoms with van der Waals surface area (Å²) in [4.78, 5) is 11.7. The van der Waals surface area contributed by atoms with Crippen molar-refractivity contribution >= 4 is 5.97 Å². The van der Waals surface area contributed by atoms with E-state index < -0.39 is 0 Å². The standard InChI is InChI=1S/C24H24O4/c1-26-23-16-21(24(25)27-2)15-14-20(23)13-12-19-10-6-7-11-22(19)28-17-18-8-4-3-5-9-18/h3-11,14-16H,12-13,17H2,1-2H3. The van der Waals surface area contributed by atoms with E-state index >= 15 is 0 Å². The predicted molar refractivity (Wildman–Crippen MR) is 109 cm³/mol. The van der Waals surface area contributed by atoms with Crippen LogP contribution in [0.25, 0.3) is 0 Å². The topological polar surface area (TPSA) is 44.8 Å². The molecule has 3 aromatic carbocycles. The second kappa shape index (κ2) is 9.60. The van der Waals surface area contributed by atoms with Gasteiger partial charge in [-0.1, -0.05) is 54.6 Å². The van der Waals surface area contributed by atoms with Gasteiger partial charge < -0.3 is 14.2 Å². The Morgan fingerprint density at radius 2 is 1.46 bits per heavy atom. The van der Waals surface area contributed by atoms with E-state index in [1.54, 1.807) is 19.2 Å². The van der Waals surface area contributed by atoms with Crippen molar-refractivity contribution in [2.24, 2.45) is 0 Å². The van der Waals surface area contributed by atoms with Crippen LogP contribution in [0.1, 0.15) is 27.0 Å². The number of rotatable bonds is 8. The Hall–Kier alpha value is -3.27.